The number of nitro groups is 1. The van der Waals surface area contributed by atoms with Gasteiger partial charge in [0.2, 0.25) is 0 Å². The third kappa shape index (κ3) is 3.42. The van der Waals surface area contributed by atoms with Crippen molar-refractivity contribution in [3.05, 3.63) is 38.9 Å². The molecule has 0 aliphatic carbocycles. The molecule has 1 aromatic rings. The maximum atomic E-state index is 11.7. The van der Waals surface area contributed by atoms with Crippen LogP contribution in [0.15, 0.2) is 18.2 Å². The van der Waals surface area contributed by atoms with E-state index in [1.54, 1.807) is 0 Å². The minimum absolute atomic E-state index is 0.0800. The molecule has 19 heavy (non-hydrogen) atoms. The van der Waals surface area contributed by atoms with Gasteiger partial charge >= 0.3 is 5.97 Å². The molecule has 0 amide bonds. The van der Waals surface area contributed by atoms with Crippen molar-refractivity contribution >= 4 is 23.3 Å². The highest BCUT2D eigenvalue weighted by Crippen LogP contribution is 2.25. The topological polar surface area (TPSA) is 78.7 Å². The second-order valence-corrected chi connectivity index (χ2v) is 4.66. The first kappa shape index (κ1) is 13.8. The van der Waals surface area contributed by atoms with Crippen LogP contribution < -0.4 is 0 Å². The fraction of sp³-hybridized carbons (Fsp3) is 0.417. The lowest BCUT2D eigenvalue weighted by Crippen LogP contribution is -2.14. The Bertz CT molecular complexity index is 499. The number of rotatable bonds is 4. The SMILES string of the molecule is O=C(OCC1CCOC1)c1ccc([N+](=O)[O-])c(Cl)c1. The summed E-state index contributed by atoms with van der Waals surface area (Å²) in [5.41, 5.74) is -0.0306. The smallest absolute Gasteiger partial charge is 0.338 e. The van der Waals surface area contributed by atoms with Gasteiger partial charge in [-0.15, -0.1) is 0 Å². The van der Waals surface area contributed by atoms with Crippen LogP contribution in [0.2, 0.25) is 5.02 Å². The van der Waals surface area contributed by atoms with Crippen molar-refractivity contribution in [2.45, 2.75) is 6.42 Å². The number of benzene rings is 1. The first-order chi connectivity index (χ1) is 9.08. The molecule has 2 rings (SSSR count). The monoisotopic (exact) mass is 285 g/mol. The van der Waals surface area contributed by atoms with E-state index in [0.717, 1.165) is 6.42 Å². The highest BCUT2D eigenvalue weighted by Gasteiger charge is 2.20. The van der Waals surface area contributed by atoms with Gasteiger partial charge in [0, 0.05) is 18.6 Å². The zero-order valence-corrected chi connectivity index (χ0v) is 10.8. The Kier molecular flexibility index (Phi) is 4.34. The molecule has 0 aromatic heterocycles. The van der Waals surface area contributed by atoms with E-state index in [0.29, 0.717) is 13.2 Å². The molecule has 102 valence electrons. The number of nitrogens with zero attached hydrogens (tertiary/aromatic N) is 1. The van der Waals surface area contributed by atoms with Crippen LogP contribution in [0.25, 0.3) is 0 Å². The van der Waals surface area contributed by atoms with Gasteiger partial charge in [0.05, 0.1) is 23.7 Å². The number of nitro benzene ring substituents is 1. The molecule has 0 radical (unpaired) electrons. The van der Waals surface area contributed by atoms with Crippen molar-refractivity contribution in [1.29, 1.82) is 0 Å². The molecular weight excluding hydrogens is 274 g/mol. The summed E-state index contributed by atoms with van der Waals surface area (Å²) in [5, 5.41) is 10.5. The Balaban J connectivity index is 1.98. The Labute approximate surface area is 114 Å². The molecule has 7 heteroatoms. The summed E-state index contributed by atoms with van der Waals surface area (Å²) in [4.78, 5) is 21.7. The van der Waals surface area contributed by atoms with Crippen molar-refractivity contribution in [3.63, 3.8) is 0 Å². The van der Waals surface area contributed by atoms with Crippen molar-refractivity contribution < 1.29 is 19.2 Å². The average molecular weight is 286 g/mol. The molecule has 1 atom stereocenters. The molecule has 0 saturated carbocycles. The number of ether oxygens (including phenoxy) is 2. The van der Waals surface area contributed by atoms with Crippen molar-refractivity contribution in [3.8, 4) is 0 Å². The molecule has 1 aliphatic rings. The summed E-state index contributed by atoms with van der Waals surface area (Å²) in [6.07, 6.45) is 0.869. The van der Waals surface area contributed by atoms with Crippen LogP contribution in [0, 0.1) is 16.0 Å². The standard InChI is InChI=1S/C12H12ClNO5/c13-10-5-9(1-2-11(10)14(16)17)12(15)19-7-8-3-4-18-6-8/h1-2,5,8H,3-4,6-7H2. The zero-order valence-electron chi connectivity index (χ0n) is 10.0. The predicted molar refractivity (Wildman–Crippen MR) is 67.3 cm³/mol. The number of esters is 1. The second-order valence-electron chi connectivity index (χ2n) is 4.25. The third-order valence-corrected chi connectivity index (χ3v) is 3.16. The van der Waals surface area contributed by atoms with E-state index in [1.807, 2.05) is 0 Å². The van der Waals surface area contributed by atoms with Crippen LogP contribution in [0.5, 0.6) is 0 Å². The average Bonchev–Trinajstić information content (AvgIpc) is 2.88. The maximum absolute atomic E-state index is 11.7. The van der Waals surface area contributed by atoms with Crippen LogP contribution in [-0.2, 0) is 9.47 Å². The van der Waals surface area contributed by atoms with Gasteiger partial charge in [0.1, 0.15) is 5.02 Å². The minimum atomic E-state index is -0.604. The molecule has 1 fully saturated rings. The van der Waals surface area contributed by atoms with E-state index >= 15 is 0 Å². The molecule has 1 heterocycles. The molecule has 0 N–H and O–H groups in total. The Morgan fingerprint density at radius 1 is 1.58 bits per heavy atom. The van der Waals surface area contributed by atoms with Crippen LogP contribution in [0.3, 0.4) is 0 Å². The number of halogens is 1. The van der Waals surface area contributed by atoms with Gasteiger partial charge in [-0.3, -0.25) is 10.1 Å². The first-order valence-corrected chi connectivity index (χ1v) is 6.14. The molecule has 0 bridgehead atoms. The third-order valence-electron chi connectivity index (χ3n) is 2.85. The van der Waals surface area contributed by atoms with E-state index in [9.17, 15) is 14.9 Å². The first-order valence-electron chi connectivity index (χ1n) is 5.76. The van der Waals surface area contributed by atoms with Gasteiger partial charge in [-0.25, -0.2) is 4.79 Å². The highest BCUT2D eigenvalue weighted by molar-refractivity contribution is 6.33. The molecule has 0 spiro atoms. The maximum Gasteiger partial charge on any atom is 0.338 e. The van der Waals surface area contributed by atoms with Gasteiger partial charge in [0.15, 0.2) is 0 Å². The summed E-state index contributed by atoms with van der Waals surface area (Å²) >= 11 is 5.73. The molecule has 1 aromatic carbocycles. The van der Waals surface area contributed by atoms with E-state index < -0.39 is 10.9 Å². The van der Waals surface area contributed by atoms with Crippen LogP contribution in [0.1, 0.15) is 16.8 Å². The lowest BCUT2D eigenvalue weighted by Gasteiger charge is -2.09. The van der Waals surface area contributed by atoms with Crippen LogP contribution in [-0.4, -0.2) is 30.7 Å². The Hall–Kier alpha value is -1.66. The summed E-state index contributed by atoms with van der Waals surface area (Å²) in [6, 6.07) is 3.77. The largest absolute Gasteiger partial charge is 0.462 e. The highest BCUT2D eigenvalue weighted by atomic mass is 35.5. The van der Waals surface area contributed by atoms with Gasteiger partial charge in [-0.1, -0.05) is 11.6 Å². The Morgan fingerprint density at radius 3 is 2.95 bits per heavy atom. The van der Waals surface area contributed by atoms with E-state index in [1.165, 1.54) is 18.2 Å². The number of carbonyl (C=O) groups excluding carboxylic acids is 1. The second kappa shape index (κ2) is 5.99. The fourth-order valence-corrected chi connectivity index (χ4v) is 2.02. The van der Waals surface area contributed by atoms with Crippen LogP contribution in [0.4, 0.5) is 5.69 Å². The molecule has 6 nitrogen and oxygen atoms in total. The predicted octanol–water partition coefficient (Wildman–Crippen LogP) is 2.44. The van der Waals surface area contributed by atoms with Crippen molar-refractivity contribution in [1.82, 2.24) is 0 Å². The number of carbonyl (C=O) groups is 1. The lowest BCUT2D eigenvalue weighted by atomic mass is 10.1. The normalized spacial score (nSPS) is 18.3. The summed E-state index contributed by atoms with van der Waals surface area (Å²) in [6.45, 7) is 1.56. The quantitative estimate of drug-likeness (QED) is 0.482. The van der Waals surface area contributed by atoms with Crippen LogP contribution >= 0.6 is 11.6 Å². The summed E-state index contributed by atoms with van der Waals surface area (Å²) < 4.78 is 10.3. The van der Waals surface area contributed by atoms with Gasteiger partial charge in [0.25, 0.3) is 5.69 Å². The van der Waals surface area contributed by atoms with E-state index in [2.05, 4.69) is 0 Å². The molecular formula is C12H12ClNO5. The Morgan fingerprint density at radius 2 is 2.37 bits per heavy atom. The number of hydrogen-bond acceptors (Lipinski definition) is 5. The summed E-state index contributed by atoms with van der Waals surface area (Å²) in [5.74, 6) is -0.318. The molecule has 1 unspecified atom stereocenters. The zero-order chi connectivity index (χ0) is 13.8. The molecule has 1 saturated heterocycles. The number of hydrogen-bond donors (Lipinski definition) is 0. The van der Waals surface area contributed by atoms with Crippen molar-refractivity contribution in [2.75, 3.05) is 19.8 Å². The van der Waals surface area contributed by atoms with E-state index in [4.69, 9.17) is 21.1 Å². The lowest BCUT2D eigenvalue weighted by molar-refractivity contribution is -0.384. The van der Waals surface area contributed by atoms with Gasteiger partial charge in [-0.2, -0.15) is 0 Å². The van der Waals surface area contributed by atoms with Crippen molar-refractivity contribution in [2.24, 2.45) is 5.92 Å². The fourth-order valence-electron chi connectivity index (χ4n) is 1.77. The van der Waals surface area contributed by atoms with Gasteiger partial charge < -0.3 is 9.47 Å². The van der Waals surface area contributed by atoms with E-state index in [-0.39, 0.29) is 28.8 Å². The minimum Gasteiger partial charge on any atom is -0.462 e. The summed E-state index contributed by atoms with van der Waals surface area (Å²) in [7, 11) is 0. The van der Waals surface area contributed by atoms with Gasteiger partial charge in [-0.05, 0) is 18.6 Å². The molecule has 1 aliphatic heterocycles.